The van der Waals surface area contributed by atoms with E-state index in [0.29, 0.717) is 53.4 Å². The van der Waals surface area contributed by atoms with Gasteiger partial charge in [0.2, 0.25) is 0 Å². The lowest BCUT2D eigenvalue weighted by Gasteiger charge is -2.35. The Hall–Kier alpha value is -2.36. The van der Waals surface area contributed by atoms with Crippen molar-refractivity contribution in [1.29, 1.82) is 0 Å². The van der Waals surface area contributed by atoms with Crippen LogP contribution in [0.1, 0.15) is 10.4 Å². The molecule has 0 saturated carbocycles. The Labute approximate surface area is 183 Å². The first kappa shape index (κ1) is 20.9. The Bertz CT molecular complexity index is 1220. The topological polar surface area (TPSA) is 96.6 Å². The van der Waals surface area contributed by atoms with Gasteiger partial charge in [0.15, 0.2) is 27.0 Å². The molecule has 3 heterocycles. The Morgan fingerprint density at radius 3 is 2.40 bits per heavy atom. The lowest BCUT2D eigenvalue weighted by Crippen LogP contribution is -2.47. The van der Waals surface area contributed by atoms with E-state index in [4.69, 9.17) is 27.7 Å². The maximum atomic E-state index is 12.1. The molecule has 11 heteroatoms. The van der Waals surface area contributed by atoms with Crippen LogP contribution in [0.3, 0.4) is 0 Å². The molecule has 1 aromatic carbocycles. The third-order valence-corrected chi connectivity index (χ3v) is 6.22. The fourth-order valence-electron chi connectivity index (χ4n) is 3.42. The Kier molecular flexibility index (Phi) is 5.61. The van der Waals surface area contributed by atoms with E-state index < -0.39 is 21.4 Å². The van der Waals surface area contributed by atoms with Crippen molar-refractivity contribution >= 4 is 61.4 Å². The zero-order chi connectivity index (χ0) is 21.5. The third-order valence-electron chi connectivity index (χ3n) is 4.85. The van der Waals surface area contributed by atoms with E-state index in [0.717, 1.165) is 11.6 Å². The van der Waals surface area contributed by atoms with E-state index in [1.165, 1.54) is 12.3 Å². The van der Waals surface area contributed by atoms with Gasteiger partial charge in [0.25, 0.3) is 0 Å². The molecule has 0 aliphatic carbocycles. The number of nitrogens with zero attached hydrogens (tertiary/aromatic N) is 4. The minimum atomic E-state index is -3.42. The van der Waals surface area contributed by atoms with Crippen molar-refractivity contribution in [2.75, 3.05) is 48.0 Å². The van der Waals surface area contributed by atoms with Crippen LogP contribution < -0.4 is 9.80 Å². The number of sulfone groups is 1. The molecule has 0 amide bonds. The molecule has 158 valence electrons. The van der Waals surface area contributed by atoms with Crippen LogP contribution in [0.25, 0.3) is 11.0 Å². The highest BCUT2D eigenvalue weighted by atomic mass is 35.5. The number of Topliss-reactive ketones (excluding diaryl/α,β-unsaturated/α-hetero) is 1. The Morgan fingerprint density at radius 2 is 1.77 bits per heavy atom. The number of rotatable bonds is 5. The molecule has 2 aromatic heterocycles. The largest absolute Gasteiger partial charge is 0.354 e. The van der Waals surface area contributed by atoms with Crippen molar-refractivity contribution in [1.82, 2.24) is 10.1 Å². The lowest BCUT2D eigenvalue weighted by atomic mass is 10.2. The van der Waals surface area contributed by atoms with Gasteiger partial charge in [-0.1, -0.05) is 34.4 Å². The van der Waals surface area contributed by atoms with E-state index in [1.54, 1.807) is 6.07 Å². The summed E-state index contributed by atoms with van der Waals surface area (Å²) in [5.74, 6) is 0.154. The summed E-state index contributed by atoms with van der Waals surface area (Å²) in [6.07, 6.45) is 2.38. The number of halogens is 2. The van der Waals surface area contributed by atoms with Gasteiger partial charge in [-0.2, -0.15) is 0 Å². The number of hydrogen-bond acceptors (Lipinski definition) is 8. The van der Waals surface area contributed by atoms with Crippen molar-refractivity contribution < 1.29 is 17.7 Å². The van der Waals surface area contributed by atoms with Crippen LogP contribution in [0.4, 0.5) is 11.6 Å². The van der Waals surface area contributed by atoms with Crippen LogP contribution in [0.5, 0.6) is 0 Å². The first-order valence-corrected chi connectivity index (χ1v) is 11.9. The maximum Gasteiger partial charge on any atom is 0.181 e. The zero-order valence-corrected chi connectivity index (χ0v) is 18.3. The highest BCUT2D eigenvalue weighted by molar-refractivity contribution is 7.91. The quantitative estimate of drug-likeness (QED) is 0.526. The summed E-state index contributed by atoms with van der Waals surface area (Å²) >= 11 is 12.7. The van der Waals surface area contributed by atoms with Gasteiger partial charge < -0.3 is 14.3 Å². The number of hydrogen-bond donors (Lipinski definition) is 0. The van der Waals surface area contributed by atoms with Crippen molar-refractivity contribution in [3.63, 3.8) is 0 Å². The van der Waals surface area contributed by atoms with Gasteiger partial charge in [0.1, 0.15) is 11.6 Å². The molecule has 0 atom stereocenters. The van der Waals surface area contributed by atoms with E-state index in [1.807, 2.05) is 17.0 Å². The minimum absolute atomic E-state index is 0.177. The number of ketones is 1. The SMILES string of the molecule is CS(=O)(=O)CC(=O)c1cnc(N2CCN(c3noc4cccc(Cl)c34)CC2)c(Cl)c1. The molecular weight excluding hydrogens is 451 g/mol. The molecule has 8 nitrogen and oxygen atoms in total. The van der Waals surface area contributed by atoms with Crippen molar-refractivity contribution in [2.24, 2.45) is 0 Å². The Balaban J connectivity index is 1.48. The molecule has 1 aliphatic rings. The molecule has 1 aliphatic heterocycles. The molecule has 3 aromatic rings. The normalized spacial score (nSPS) is 15.0. The lowest BCUT2D eigenvalue weighted by molar-refractivity contribution is 0.102. The predicted octanol–water partition coefficient (Wildman–Crippen LogP) is 3.08. The summed E-state index contributed by atoms with van der Waals surface area (Å²) in [6.45, 7) is 2.56. The van der Waals surface area contributed by atoms with E-state index in [9.17, 15) is 13.2 Å². The van der Waals surface area contributed by atoms with Crippen LogP contribution in [0, 0.1) is 0 Å². The van der Waals surface area contributed by atoms with Gasteiger partial charge >= 0.3 is 0 Å². The molecule has 0 radical (unpaired) electrons. The summed E-state index contributed by atoms with van der Waals surface area (Å²) < 4.78 is 28.1. The van der Waals surface area contributed by atoms with Crippen LogP contribution in [0.2, 0.25) is 10.0 Å². The fraction of sp³-hybridized carbons (Fsp3) is 0.316. The molecule has 4 rings (SSSR count). The van der Waals surface area contributed by atoms with E-state index in [-0.39, 0.29) is 5.56 Å². The van der Waals surface area contributed by atoms with Gasteiger partial charge in [0.05, 0.1) is 15.4 Å². The van der Waals surface area contributed by atoms with Gasteiger partial charge in [-0.3, -0.25) is 4.79 Å². The fourth-order valence-corrected chi connectivity index (χ4v) is 4.60. The van der Waals surface area contributed by atoms with Crippen LogP contribution in [-0.4, -0.2) is 62.5 Å². The third kappa shape index (κ3) is 4.23. The average Bonchev–Trinajstić information content (AvgIpc) is 3.12. The summed E-state index contributed by atoms with van der Waals surface area (Å²) in [4.78, 5) is 20.5. The number of benzene rings is 1. The van der Waals surface area contributed by atoms with Crippen LogP contribution >= 0.6 is 23.2 Å². The summed E-state index contributed by atoms with van der Waals surface area (Å²) in [6, 6.07) is 6.91. The van der Waals surface area contributed by atoms with E-state index in [2.05, 4.69) is 15.0 Å². The summed E-state index contributed by atoms with van der Waals surface area (Å²) in [5, 5.41) is 5.86. The number of carbonyl (C=O) groups is 1. The summed E-state index contributed by atoms with van der Waals surface area (Å²) in [5.41, 5.74) is 0.815. The predicted molar refractivity (Wildman–Crippen MR) is 117 cm³/mol. The standard InChI is InChI=1S/C19H18Cl2N4O4S/c1-30(27,28)11-15(26)12-9-14(21)18(22-10-12)24-5-7-25(8-6-24)19-17-13(20)3-2-4-16(17)29-23-19/h2-4,9-10H,5-8,11H2,1H3. The molecule has 30 heavy (non-hydrogen) atoms. The Morgan fingerprint density at radius 1 is 1.10 bits per heavy atom. The molecule has 1 saturated heterocycles. The van der Waals surface area contributed by atoms with Gasteiger partial charge in [-0.15, -0.1) is 0 Å². The van der Waals surface area contributed by atoms with Crippen LogP contribution in [0.15, 0.2) is 35.0 Å². The molecular formula is C19H18Cl2N4O4S. The second-order valence-electron chi connectivity index (χ2n) is 7.12. The molecule has 0 N–H and O–H groups in total. The van der Waals surface area contributed by atoms with Gasteiger partial charge in [0, 0.05) is 44.2 Å². The maximum absolute atomic E-state index is 12.1. The first-order valence-electron chi connectivity index (χ1n) is 9.13. The molecule has 1 fully saturated rings. The van der Waals surface area contributed by atoms with Gasteiger partial charge in [-0.25, -0.2) is 13.4 Å². The summed E-state index contributed by atoms with van der Waals surface area (Å²) in [7, 11) is -3.42. The number of pyridine rings is 1. The highest BCUT2D eigenvalue weighted by Crippen LogP contribution is 2.33. The number of fused-ring (bicyclic) bond motifs is 1. The second kappa shape index (κ2) is 8.05. The molecule has 0 spiro atoms. The van der Waals surface area contributed by atoms with Crippen molar-refractivity contribution in [2.45, 2.75) is 0 Å². The zero-order valence-electron chi connectivity index (χ0n) is 16.0. The molecule has 0 bridgehead atoms. The highest BCUT2D eigenvalue weighted by Gasteiger charge is 2.25. The number of piperazine rings is 1. The number of aromatic nitrogens is 2. The van der Waals surface area contributed by atoms with Crippen molar-refractivity contribution in [3.05, 3.63) is 46.1 Å². The van der Waals surface area contributed by atoms with Crippen molar-refractivity contribution in [3.8, 4) is 0 Å². The number of carbonyl (C=O) groups excluding carboxylic acids is 1. The second-order valence-corrected chi connectivity index (χ2v) is 10.1. The van der Waals surface area contributed by atoms with Gasteiger partial charge in [-0.05, 0) is 18.2 Å². The van der Waals surface area contributed by atoms with Crippen LogP contribution in [-0.2, 0) is 9.84 Å². The number of anilines is 2. The van der Waals surface area contributed by atoms with E-state index >= 15 is 0 Å². The average molecular weight is 469 g/mol. The monoisotopic (exact) mass is 468 g/mol. The molecule has 0 unspecified atom stereocenters. The minimum Gasteiger partial charge on any atom is -0.354 e. The first-order chi connectivity index (χ1) is 14.2. The smallest absolute Gasteiger partial charge is 0.181 e.